The predicted molar refractivity (Wildman–Crippen MR) is 107 cm³/mol. The number of amides is 3. The molecule has 2 aromatic rings. The van der Waals surface area contributed by atoms with Crippen LogP contribution in [-0.2, 0) is 14.4 Å². The predicted octanol–water partition coefficient (Wildman–Crippen LogP) is 2.81. The second-order valence-corrected chi connectivity index (χ2v) is 8.64. The molecule has 1 saturated heterocycles. The lowest BCUT2D eigenvalue weighted by Crippen LogP contribution is -2.38. The average Bonchev–Trinajstić information content (AvgIpc) is 3.35. The van der Waals surface area contributed by atoms with E-state index in [0.717, 1.165) is 18.4 Å². The summed E-state index contributed by atoms with van der Waals surface area (Å²) in [5.74, 6) is -0.913. The molecule has 4 aliphatic rings. The molecule has 2 fully saturated rings. The third-order valence-electron chi connectivity index (χ3n) is 6.27. The number of likely N-dealkylation sites (tertiary alicyclic amines) is 1. The van der Waals surface area contributed by atoms with Crippen LogP contribution in [0.5, 0.6) is 0 Å². The first kappa shape index (κ1) is 18.2. The zero-order chi connectivity index (χ0) is 20.0. The molecule has 5 atom stereocenters. The molecule has 1 aromatic heterocycles. The van der Waals surface area contributed by atoms with Gasteiger partial charge in [0, 0.05) is 0 Å². The van der Waals surface area contributed by atoms with Crippen LogP contribution in [0.2, 0.25) is 0 Å². The lowest BCUT2D eigenvalue weighted by molar-refractivity contribution is -0.143. The van der Waals surface area contributed by atoms with Crippen molar-refractivity contribution >= 4 is 34.2 Å². The molecule has 29 heavy (non-hydrogen) atoms. The SMILES string of the molecule is O=C(C[C@H](c1ccccc1)N1C(=O)[C@@H]2[C@@H](C1=O)[C@H]1C=C[C@H]2CC1)Nc1nncs1. The smallest absolute Gasteiger partial charge is 0.234 e. The number of rotatable bonds is 5. The summed E-state index contributed by atoms with van der Waals surface area (Å²) in [7, 11) is 0. The number of imide groups is 1. The second kappa shape index (κ2) is 7.18. The molecule has 2 heterocycles. The first-order valence-electron chi connectivity index (χ1n) is 9.79. The van der Waals surface area contributed by atoms with E-state index >= 15 is 0 Å². The van der Waals surface area contributed by atoms with Crippen molar-refractivity contribution in [2.75, 3.05) is 5.32 Å². The number of benzene rings is 1. The molecule has 0 radical (unpaired) electrons. The molecule has 1 saturated carbocycles. The van der Waals surface area contributed by atoms with Crippen LogP contribution in [0.25, 0.3) is 0 Å². The molecular weight excluding hydrogens is 388 g/mol. The molecule has 8 heteroatoms. The Labute approximate surface area is 171 Å². The summed E-state index contributed by atoms with van der Waals surface area (Å²) in [6.07, 6.45) is 6.09. The summed E-state index contributed by atoms with van der Waals surface area (Å²) in [5, 5.41) is 10.7. The summed E-state index contributed by atoms with van der Waals surface area (Å²) in [4.78, 5) is 40.8. The number of allylic oxidation sites excluding steroid dienone is 2. The lowest BCUT2D eigenvalue weighted by atomic mass is 9.63. The number of hydrogen-bond donors (Lipinski definition) is 1. The summed E-state index contributed by atoms with van der Waals surface area (Å²) in [6, 6.07) is 8.67. The molecule has 3 aliphatic carbocycles. The van der Waals surface area contributed by atoms with Crippen molar-refractivity contribution in [1.82, 2.24) is 15.1 Å². The van der Waals surface area contributed by atoms with Gasteiger partial charge >= 0.3 is 0 Å². The standard InChI is InChI=1S/C21H20N4O3S/c26-16(23-21-24-22-11-29-21)10-15(12-4-2-1-3-5-12)25-19(27)17-13-6-7-14(9-8-13)18(17)20(25)28/h1-7,11,13-15,17-18H,8-10H2,(H,23,24,26)/t13-,14-,15+,17-,18-/m0/s1. The van der Waals surface area contributed by atoms with Gasteiger partial charge in [-0.05, 0) is 30.2 Å². The van der Waals surface area contributed by atoms with Gasteiger partial charge in [0.05, 0.1) is 24.3 Å². The molecule has 3 amide bonds. The number of carbonyl (C=O) groups is 3. The van der Waals surface area contributed by atoms with Crippen molar-refractivity contribution in [2.45, 2.75) is 25.3 Å². The Kier molecular flexibility index (Phi) is 4.50. The molecular formula is C21H20N4O3S. The normalized spacial score (nSPS) is 28.5. The summed E-state index contributed by atoms with van der Waals surface area (Å²) in [6.45, 7) is 0. The highest BCUT2D eigenvalue weighted by Gasteiger charge is 2.58. The van der Waals surface area contributed by atoms with Crippen LogP contribution in [0.3, 0.4) is 0 Å². The van der Waals surface area contributed by atoms with Gasteiger partial charge in [0.1, 0.15) is 5.51 Å². The van der Waals surface area contributed by atoms with Crippen molar-refractivity contribution in [3.63, 3.8) is 0 Å². The lowest BCUT2D eigenvalue weighted by Gasteiger charge is -2.38. The van der Waals surface area contributed by atoms with E-state index in [1.54, 1.807) is 0 Å². The monoisotopic (exact) mass is 408 g/mol. The van der Waals surface area contributed by atoms with E-state index in [-0.39, 0.29) is 47.8 Å². The molecule has 6 rings (SSSR count). The number of nitrogens with zero attached hydrogens (tertiary/aromatic N) is 3. The average molecular weight is 408 g/mol. The Morgan fingerprint density at radius 2 is 1.76 bits per heavy atom. The van der Waals surface area contributed by atoms with Gasteiger partial charge in [-0.2, -0.15) is 0 Å². The number of nitrogens with one attached hydrogen (secondary N) is 1. The minimum Gasteiger partial charge on any atom is -0.300 e. The molecule has 1 aromatic carbocycles. The number of hydrogen-bond acceptors (Lipinski definition) is 6. The molecule has 2 bridgehead atoms. The van der Waals surface area contributed by atoms with E-state index in [2.05, 4.69) is 27.7 Å². The van der Waals surface area contributed by atoms with E-state index in [1.165, 1.54) is 21.7 Å². The Morgan fingerprint density at radius 1 is 1.10 bits per heavy atom. The van der Waals surface area contributed by atoms with E-state index in [1.807, 2.05) is 30.3 Å². The fourth-order valence-corrected chi connectivity index (χ4v) is 5.47. The van der Waals surface area contributed by atoms with E-state index < -0.39 is 6.04 Å². The Morgan fingerprint density at radius 3 is 2.31 bits per heavy atom. The topological polar surface area (TPSA) is 92.3 Å². The van der Waals surface area contributed by atoms with Crippen molar-refractivity contribution in [3.8, 4) is 0 Å². The third-order valence-corrected chi connectivity index (χ3v) is 6.88. The van der Waals surface area contributed by atoms with Crippen LogP contribution in [0.4, 0.5) is 5.13 Å². The van der Waals surface area contributed by atoms with Crippen molar-refractivity contribution in [2.24, 2.45) is 23.7 Å². The van der Waals surface area contributed by atoms with Crippen molar-refractivity contribution in [1.29, 1.82) is 0 Å². The van der Waals surface area contributed by atoms with Gasteiger partial charge in [-0.3, -0.25) is 19.3 Å². The minimum absolute atomic E-state index is 0.0106. The van der Waals surface area contributed by atoms with Gasteiger partial charge in [0.2, 0.25) is 22.9 Å². The summed E-state index contributed by atoms with van der Waals surface area (Å²) < 4.78 is 0. The van der Waals surface area contributed by atoms with Crippen LogP contribution < -0.4 is 5.32 Å². The Hall–Kier alpha value is -2.87. The maximum atomic E-state index is 13.4. The fraction of sp³-hybridized carbons (Fsp3) is 0.381. The molecule has 0 spiro atoms. The highest BCUT2D eigenvalue weighted by molar-refractivity contribution is 7.13. The first-order valence-corrected chi connectivity index (χ1v) is 10.7. The van der Waals surface area contributed by atoms with Gasteiger partial charge in [-0.15, -0.1) is 10.2 Å². The van der Waals surface area contributed by atoms with Crippen LogP contribution in [-0.4, -0.2) is 32.8 Å². The number of fused-ring (bicyclic) bond motifs is 1. The number of anilines is 1. The van der Waals surface area contributed by atoms with E-state index in [0.29, 0.717) is 5.13 Å². The third kappa shape index (κ3) is 3.07. The maximum Gasteiger partial charge on any atom is 0.234 e. The highest BCUT2D eigenvalue weighted by atomic mass is 32.1. The highest BCUT2D eigenvalue weighted by Crippen LogP contribution is 2.51. The zero-order valence-electron chi connectivity index (χ0n) is 15.6. The van der Waals surface area contributed by atoms with Gasteiger partial charge < -0.3 is 5.32 Å². The van der Waals surface area contributed by atoms with Gasteiger partial charge in [-0.1, -0.05) is 53.8 Å². The number of carbonyl (C=O) groups excluding carboxylic acids is 3. The molecule has 1 aliphatic heterocycles. The molecule has 7 nitrogen and oxygen atoms in total. The Balaban J connectivity index is 1.46. The van der Waals surface area contributed by atoms with Gasteiger partial charge in [-0.25, -0.2) is 0 Å². The van der Waals surface area contributed by atoms with Crippen LogP contribution >= 0.6 is 11.3 Å². The van der Waals surface area contributed by atoms with Crippen molar-refractivity contribution in [3.05, 3.63) is 53.6 Å². The zero-order valence-corrected chi connectivity index (χ0v) is 16.4. The quantitative estimate of drug-likeness (QED) is 0.607. The van der Waals surface area contributed by atoms with Gasteiger partial charge in [0.15, 0.2) is 0 Å². The van der Waals surface area contributed by atoms with E-state index in [9.17, 15) is 14.4 Å². The first-order chi connectivity index (χ1) is 14.1. The van der Waals surface area contributed by atoms with Gasteiger partial charge in [0.25, 0.3) is 0 Å². The maximum absolute atomic E-state index is 13.4. The Bertz CT molecular complexity index is 943. The largest absolute Gasteiger partial charge is 0.300 e. The summed E-state index contributed by atoms with van der Waals surface area (Å²) in [5.41, 5.74) is 2.31. The van der Waals surface area contributed by atoms with E-state index in [4.69, 9.17) is 0 Å². The summed E-state index contributed by atoms with van der Waals surface area (Å²) >= 11 is 1.22. The molecule has 148 valence electrons. The van der Waals surface area contributed by atoms with Crippen molar-refractivity contribution < 1.29 is 14.4 Å². The minimum atomic E-state index is -0.630. The fourth-order valence-electron chi connectivity index (χ4n) is 5.01. The molecule has 1 N–H and O–H groups in total. The number of aromatic nitrogens is 2. The van der Waals surface area contributed by atoms with Crippen LogP contribution in [0, 0.1) is 23.7 Å². The second-order valence-electron chi connectivity index (χ2n) is 7.81. The van der Waals surface area contributed by atoms with Crippen LogP contribution in [0.15, 0.2) is 48.0 Å². The van der Waals surface area contributed by atoms with Crippen LogP contribution in [0.1, 0.15) is 30.9 Å². The molecule has 0 unspecified atom stereocenters.